The summed E-state index contributed by atoms with van der Waals surface area (Å²) in [5.74, 6) is 0. The molecule has 3 atom stereocenters. The van der Waals surface area contributed by atoms with E-state index in [2.05, 4.69) is 10.3 Å². The lowest BCUT2D eigenvalue weighted by Crippen LogP contribution is -2.48. The normalized spacial score (nSPS) is 28.9. The molecule has 108 valence electrons. The molecule has 0 unspecified atom stereocenters. The van der Waals surface area contributed by atoms with Crippen LogP contribution in [0.5, 0.6) is 0 Å². The molecule has 0 radical (unpaired) electrons. The molecule has 0 spiro atoms. The topological polar surface area (TPSA) is 43.4 Å². The molecule has 1 aromatic rings. The molecular weight excluding hydrogens is 287 g/mol. The average molecular weight is 307 g/mol. The number of fused-ring (bicyclic) bond motifs is 1. The molecule has 1 saturated carbocycles. The number of hydrogen-bond donors (Lipinski definition) is 1. The Morgan fingerprint density at radius 2 is 2.26 bits per heavy atom. The first-order valence-corrected chi connectivity index (χ1v) is 6.29. The molecule has 2 aliphatic rings. The first-order valence-electron chi connectivity index (χ1n) is 6.29. The fourth-order valence-corrected chi connectivity index (χ4v) is 2.68. The van der Waals surface area contributed by atoms with E-state index in [1.165, 1.54) is 0 Å². The molecule has 2 heterocycles. The van der Waals surface area contributed by atoms with Crippen LogP contribution in [0.4, 0.5) is 0 Å². The van der Waals surface area contributed by atoms with Crippen molar-refractivity contribution >= 4 is 24.8 Å². The average Bonchev–Trinajstić information content (AvgIpc) is 2.81. The van der Waals surface area contributed by atoms with E-state index in [-0.39, 0.29) is 37.0 Å². The molecule has 0 amide bonds. The van der Waals surface area contributed by atoms with Crippen molar-refractivity contribution in [2.75, 3.05) is 13.2 Å². The lowest BCUT2D eigenvalue weighted by atomic mass is 10.1. The van der Waals surface area contributed by atoms with E-state index in [0.29, 0.717) is 12.6 Å². The van der Waals surface area contributed by atoms with Crippen molar-refractivity contribution in [3.05, 3.63) is 30.1 Å². The Morgan fingerprint density at radius 3 is 3.05 bits per heavy atom. The third kappa shape index (κ3) is 4.04. The van der Waals surface area contributed by atoms with E-state index in [9.17, 15) is 0 Å². The highest BCUT2D eigenvalue weighted by atomic mass is 35.5. The van der Waals surface area contributed by atoms with Crippen LogP contribution in [0.3, 0.4) is 0 Å². The summed E-state index contributed by atoms with van der Waals surface area (Å²) in [6.45, 7) is 2.40. The highest BCUT2D eigenvalue weighted by molar-refractivity contribution is 5.85. The molecule has 0 bridgehead atoms. The second kappa shape index (κ2) is 8.02. The standard InChI is InChI=1S/C13H18N2O2.2ClH/c1-2-10(8-14-5-1)9-17-12-4-3-11-13(12)16-7-6-15-11;;/h1-2,5,8,11-13,15H,3-4,6-7,9H2;2*1H/t11-,12-,13+;;/m0../s1. The minimum Gasteiger partial charge on any atom is -0.373 e. The van der Waals surface area contributed by atoms with Crippen molar-refractivity contribution in [2.45, 2.75) is 37.7 Å². The van der Waals surface area contributed by atoms with Crippen LogP contribution in [-0.4, -0.2) is 36.4 Å². The molecule has 1 aliphatic heterocycles. The Kier molecular flexibility index (Phi) is 7.04. The van der Waals surface area contributed by atoms with Gasteiger partial charge in [0, 0.05) is 25.0 Å². The van der Waals surface area contributed by atoms with Crippen LogP contribution >= 0.6 is 24.8 Å². The number of morpholine rings is 1. The minimum atomic E-state index is 0. The Labute approximate surface area is 126 Å². The summed E-state index contributed by atoms with van der Waals surface area (Å²) in [4.78, 5) is 4.09. The lowest BCUT2D eigenvalue weighted by molar-refractivity contribution is -0.0836. The number of pyridine rings is 1. The maximum Gasteiger partial charge on any atom is 0.0989 e. The van der Waals surface area contributed by atoms with Crippen LogP contribution in [-0.2, 0) is 16.1 Å². The highest BCUT2D eigenvalue weighted by Gasteiger charge is 2.39. The summed E-state index contributed by atoms with van der Waals surface area (Å²) >= 11 is 0. The third-order valence-electron chi connectivity index (χ3n) is 3.53. The number of aromatic nitrogens is 1. The smallest absolute Gasteiger partial charge is 0.0989 e. The molecule has 1 aliphatic carbocycles. The van der Waals surface area contributed by atoms with Gasteiger partial charge in [0.15, 0.2) is 0 Å². The first kappa shape index (κ1) is 16.7. The van der Waals surface area contributed by atoms with Gasteiger partial charge in [-0.3, -0.25) is 4.98 Å². The molecular formula is C13H20Cl2N2O2. The quantitative estimate of drug-likeness (QED) is 0.927. The van der Waals surface area contributed by atoms with Gasteiger partial charge in [0.25, 0.3) is 0 Å². The van der Waals surface area contributed by atoms with E-state index in [0.717, 1.165) is 31.6 Å². The van der Waals surface area contributed by atoms with E-state index in [1.54, 1.807) is 6.20 Å². The third-order valence-corrected chi connectivity index (χ3v) is 3.53. The maximum absolute atomic E-state index is 5.95. The molecule has 19 heavy (non-hydrogen) atoms. The number of nitrogens with zero attached hydrogens (tertiary/aromatic N) is 1. The van der Waals surface area contributed by atoms with Crippen LogP contribution in [0.15, 0.2) is 24.5 Å². The second-order valence-electron chi connectivity index (χ2n) is 4.68. The van der Waals surface area contributed by atoms with Gasteiger partial charge in [0.05, 0.1) is 25.4 Å². The predicted molar refractivity (Wildman–Crippen MR) is 78.1 cm³/mol. The zero-order valence-corrected chi connectivity index (χ0v) is 12.3. The van der Waals surface area contributed by atoms with Gasteiger partial charge in [-0.1, -0.05) is 6.07 Å². The van der Waals surface area contributed by atoms with Crippen LogP contribution in [0.2, 0.25) is 0 Å². The fourth-order valence-electron chi connectivity index (χ4n) is 2.68. The van der Waals surface area contributed by atoms with Crippen LogP contribution in [0.25, 0.3) is 0 Å². The summed E-state index contributed by atoms with van der Waals surface area (Å²) < 4.78 is 11.8. The minimum absolute atomic E-state index is 0. The number of nitrogens with one attached hydrogen (secondary N) is 1. The number of rotatable bonds is 3. The van der Waals surface area contributed by atoms with Crippen LogP contribution < -0.4 is 5.32 Å². The van der Waals surface area contributed by atoms with Gasteiger partial charge < -0.3 is 14.8 Å². The van der Waals surface area contributed by atoms with Gasteiger partial charge in [-0.2, -0.15) is 0 Å². The Bertz CT molecular complexity index is 367. The van der Waals surface area contributed by atoms with Crippen molar-refractivity contribution in [1.29, 1.82) is 0 Å². The first-order chi connectivity index (χ1) is 8.43. The van der Waals surface area contributed by atoms with E-state index in [4.69, 9.17) is 9.47 Å². The van der Waals surface area contributed by atoms with Gasteiger partial charge in [-0.25, -0.2) is 0 Å². The predicted octanol–water partition coefficient (Wildman–Crippen LogP) is 1.96. The number of ether oxygens (including phenoxy) is 2. The summed E-state index contributed by atoms with van der Waals surface area (Å²) in [6, 6.07) is 4.47. The maximum atomic E-state index is 5.95. The van der Waals surface area contributed by atoms with Gasteiger partial charge in [-0.05, 0) is 24.5 Å². The summed E-state index contributed by atoms with van der Waals surface area (Å²) in [5, 5.41) is 3.49. The van der Waals surface area contributed by atoms with E-state index in [1.807, 2.05) is 18.3 Å². The second-order valence-corrected chi connectivity index (χ2v) is 4.68. The molecule has 2 fully saturated rings. The Balaban J connectivity index is 0.000000902. The summed E-state index contributed by atoms with van der Waals surface area (Å²) in [6.07, 6.45) is 6.34. The molecule has 6 heteroatoms. The van der Waals surface area contributed by atoms with Gasteiger partial charge in [-0.15, -0.1) is 24.8 Å². The SMILES string of the molecule is Cl.Cl.c1cncc(CO[C@H]2CC[C@@H]3NCCO[C@H]32)c1. The highest BCUT2D eigenvalue weighted by Crippen LogP contribution is 2.27. The van der Waals surface area contributed by atoms with Crippen molar-refractivity contribution in [3.63, 3.8) is 0 Å². The molecule has 3 rings (SSSR count). The molecule has 1 saturated heterocycles. The Morgan fingerprint density at radius 1 is 1.37 bits per heavy atom. The lowest BCUT2D eigenvalue weighted by Gasteiger charge is -2.30. The largest absolute Gasteiger partial charge is 0.373 e. The zero-order valence-electron chi connectivity index (χ0n) is 10.7. The number of halogens is 2. The van der Waals surface area contributed by atoms with Gasteiger partial charge in [0.1, 0.15) is 0 Å². The monoisotopic (exact) mass is 306 g/mol. The summed E-state index contributed by atoms with van der Waals surface area (Å²) in [7, 11) is 0. The fraction of sp³-hybridized carbons (Fsp3) is 0.615. The Hall–Kier alpha value is -0.390. The van der Waals surface area contributed by atoms with Gasteiger partial charge >= 0.3 is 0 Å². The van der Waals surface area contributed by atoms with Crippen LogP contribution in [0.1, 0.15) is 18.4 Å². The summed E-state index contributed by atoms with van der Waals surface area (Å²) in [5.41, 5.74) is 1.12. The van der Waals surface area contributed by atoms with Crippen molar-refractivity contribution in [2.24, 2.45) is 0 Å². The van der Waals surface area contributed by atoms with E-state index < -0.39 is 0 Å². The van der Waals surface area contributed by atoms with Crippen molar-refractivity contribution < 1.29 is 9.47 Å². The molecule has 0 aromatic carbocycles. The molecule has 4 nitrogen and oxygen atoms in total. The van der Waals surface area contributed by atoms with Crippen molar-refractivity contribution in [1.82, 2.24) is 10.3 Å². The van der Waals surface area contributed by atoms with Gasteiger partial charge in [0.2, 0.25) is 0 Å². The van der Waals surface area contributed by atoms with Crippen molar-refractivity contribution in [3.8, 4) is 0 Å². The van der Waals surface area contributed by atoms with Crippen LogP contribution in [0, 0.1) is 0 Å². The zero-order chi connectivity index (χ0) is 11.5. The molecule has 1 aromatic heterocycles. The van der Waals surface area contributed by atoms with E-state index >= 15 is 0 Å². The molecule has 1 N–H and O–H groups in total. The number of hydrogen-bond acceptors (Lipinski definition) is 4.